The predicted octanol–water partition coefficient (Wildman–Crippen LogP) is 4.71. The van der Waals surface area contributed by atoms with Gasteiger partial charge in [0.1, 0.15) is 5.75 Å². The van der Waals surface area contributed by atoms with Crippen molar-refractivity contribution in [2.45, 2.75) is 18.3 Å². The minimum Gasteiger partial charge on any atom is -0.497 e. The molecule has 0 radical (unpaired) electrons. The van der Waals surface area contributed by atoms with Crippen molar-refractivity contribution in [1.82, 2.24) is 0 Å². The minimum absolute atomic E-state index is 0.106. The topological polar surface area (TPSA) is 50.1 Å². The lowest BCUT2D eigenvalue weighted by atomic mass is 9.89. The first-order chi connectivity index (χ1) is 12.2. The standard InChI is InChI=1S/C22H19NO2/c1-25-16-9-4-8-15(12-16)21-20(23)13-19(22(21)24)18-11-5-7-14-6-2-3-10-17(14)18/h2-12,19,21,23H,13H2,1H3. The van der Waals surface area contributed by atoms with Gasteiger partial charge in [0.05, 0.1) is 13.0 Å². The molecule has 1 N–H and O–H groups in total. The van der Waals surface area contributed by atoms with Crippen LogP contribution in [0.4, 0.5) is 0 Å². The van der Waals surface area contributed by atoms with Crippen LogP contribution in [-0.2, 0) is 4.79 Å². The van der Waals surface area contributed by atoms with Crippen molar-refractivity contribution in [3.63, 3.8) is 0 Å². The summed E-state index contributed by atoms with van der Waals surface area (Å²) in [4.78, 5) is 13.2. The van der Waals surface area contributed by atoms with E-state index in [2.05, 4.69) is 18.2 Å². The van der Waals surface area contributed by atoms with Gasteiger partial charge in [0.15, 0.2) is 5.78 Å². The van der Waals surface area contributed by atoms with E-state index in [0.717, 1.165) is 21.9 Å². The first-order valence-corrected chi connectivity index (χ1v) is 8.41. The number of ether oxygens (including phenoxy) is 1. The molecule has 3 aromatic rings. The first-order valence-electron chi connectivity index (χ1n) is 8.41. The summed E-state index contributed by atoms with van der Waals surface area (Å²) in [5.74, 6) is 0.0928. The smallest absolute Gasteiger partial charge is 0.153 e. The molecule has 0 bridgehead atoms. The Hall–Kier alpha value is -2.94. The van der Waals surface area contributed by atoms with E-state index in [1.54, 1.807) is 7.11 Å². The van der Waals surface area contributed by atoms with Crippen molar-refractivity contribution < 1.29 is 9.53 Å². The van der Waals surface area contributed by atoms with E-state index in [1.807, 2.05) is 48.5 Å². The Balaban J connectivity index is 1.76. The highest BCUT2D eigenvalue weighted by atomic mass is 16.5. The lowest BCUT2D eigenvalue weighted by Gasteiger charge is -2.14. The van der Waals surface area contributed by atoms with Crippen LogP contribution < -0.4 is 4.74 Å². The number of hydrogen-bond donors (Lipinski definition) is 1. The highest BCUT2D eigenvalue weighted by Crippen LogP contribution is 2.41. The van der Waals surface area contributed by atoms with E-state index in [1.165, 1.54) is 0 Å². The third-order valence-corrected chi connectivity index (χ3v) is 5.03. The molecule has 3 heteroatoms. The van der Waals surface area contributed by atoms with Crippen LogP contribution in [-0.4, -0.2) is 18.6 Å². The zero-order valence-electron chi connectivity index (χ0n) is 14.0. The molecule has 3 nitrogen and oxygen atoms in total. The largest absolute Gasteiger partial charge is 0.497 e. The number of carbonyl (C=O) groups excluding carboxylic acids is 1. The van der Waals surface area contributed by atoms with Gasteiger partial charge in [0.25, 0.3) is 0 Å². The molecule has 0 aromatic heterocycles. The van der Waals surface area contributed by atoms with Gasteiger partial charge in [-0.1, -0.05) is 54.6 Å². The summed E-state index contributed by atoms with van der Waals surface area (Å²) in [5, 5.41) is 10.7. The number of benzene rings is 3. The van der Waals surface area contributed by atoms with Crippen LogP contribution in [0.2, 0.25) is 0 Å². The number of fused-ring (bicyclic) bond motifs is 1. The van der Waals surface area contributed by atoms with E-state index in [0.29, 0.717) is 17.9 Å². The predicted molar refractivity (Wildman–Crippen MR) is 99.8 cm³/mol. The quantitative estimate of drug-likeness (QED) is 0.756. The molecule has 2 unspecified atom stereocenters. The Kier molecular flexibility index (Phi) is 3.85. The molecule has 1 saturated carbocycles. The van der Waals surface area contributed by atoms with E-state index in [9.17, 15) is 4.79 Å². The fraction of sp³-hybridized carbons (Fsp3) is 0.182. The Morgan fingerprint density at radius 3 is 2.60 bits per heavy atom. The van der Waals surface area contributed by atoms with Crippen molar-refractivity contribution in [3.8, 4) is 5.75 Å². The monoisotopic (exact) mass is 329 g/mol. The van der Waals surface area contributed by atoms with Gasteiger partial charge in [0.2, 0.25) is 0 Å². The van der Waals surface area contributed by atoms with Gasteiger partial charge in [0, 0.05) is 11.6 Å². The van der Waals surface area contributed by atoms with E-state index in [-0.39, 0.29) is 11.7 Å². The number of carbonyl (C=O) groups is 1. The van der Waals surface area contributed by atoms with Gasteiger partial charge >= 0.3 is 0 Å². The normalized spacial score (nSPS) is 20.2. The van der Waals surface area contributed by atoms with Crippen molar-refractivity contribution in [2.24, 2.45) is 0 Å². The second-order valence-electron chi connectivity index (χ2n) is 6.46. The van der Waals surface area contributed by atoms with Crippen LogP contribution >= 0.6 is 0 Å². The number of hydrogen-bond acceptors (Lipinski definition) is 3. The minimum atomic E-state index is -0.473. The molecule has 0 spiro atoms. The van der Waals surface area contributed by atoms with Crippen LogP contribution in [0.25, 0.3) is 10.8 Å². The summed E-state index contributed by atoms with van der Waals surface area (Å²) < 4.78 is 5.27. The molecular weight excluding hydrogens is 310 g/mol. The molecule has 0 heterocycles. The molecule has 4 rings (SSSR count). The van der Waals surface area contributed by atoms with Gasteiger partial charge in [-0.05, 0) is 40.5 Å². The van der Waals surface area contributed by atoms with Crippen LogP contribution in [0, 0.1) is 5.41 Å². The number of nitrogens with one attached hydrogen (secondary N) is 1. The molecule has 124 valence electrons. The lowest BCUT2D eigenvalue weighted by molar-refractivity contribution is -0.119. The summed E-state index contributed by atoms with van der Waals surface area (Å²) in [7, 11) is 1.61. The maximum atomic E-state index is 13.2. The van der Waals surface area contributed by atoms with E-state index in [4.69, 9.17) is 10.1 Å². The molecular formula is C22H19NO2. The molecule has 1 fully saturated rings. The average molecular weight is 329 g/mol. The second kappa shape index (κ2) is 6.17. The van der Waals surface area contributed by atoms with Gasteiger partial charge in [-0.25, -0.2) is 0 Å². The van der Waals surface area contributed by atoms with Gasteiger partial charge in [-0.15, -0.1) is 0 Å². The Bertz CT molecular complexity index is 971. The second-order valence-corrected chi connectivity index (χ2v) is 6.46. The van der Waals surface area contributed by atoms with Crippen LogP contribution in [0.1, 0.15) is 29.4 Å². The van der Waals surface area contributed by atoms with Gasteiger partial charge < -0.3 is 10.1 Å². The molecule has 25 heavy (non-hydrogen) atoms. The fourth-order valence-electron chi connectivity index (χ4n) is 3.82. The van der Waals surface area contributed by atoms with Crippen molar-refractivity contribution >= 4 is 22.3 Å². The molecule has 1 aliphatic rings. The van der Waals surface area contributed by atoms with E-state index < -0.39 is 5.92 Å². The zero-order valence-corrected chi connectivity index (χ0v) is 14.0. The molecule has 0 aliphatic heterocycles. The van der Waals surface area contributed by atoms with Crippen molar-refractivity contribution in [2.75, 3.05) is 7.11 Å². The fourth-order valence-corrected chi connectivity index (χ4v) is 3.82. The summed E-state index contributed by atoms with van der Waals surface area (Å²) in [6.07, 6.45) is 0.481. The number of Topliss-reactive ketones (excluding diaryl/α,β-unsaturated/α-hetero) is 1. The molecule has 3 aromatic carbocycles. The van der Waals surface area contributed by atoms with Crippen LogP contribution in [0.3, 0.4) is 0 Å². The maximum absolute atomic E-state index is 13.2. The molecule has 1 aliphatic carbocycles. The Labute approximate surface area is 146 Å². The number of rotatable bonds is 3. The summed E-state index contributed by atoms with van der Waals surface area (Å²) >= 11 is 0. The van der Waals surface area contributed by atoms with Gasteiger partial charge in [-0.3, -0.25) is 4.79 Å². The zero-order chi connectivity index (χ0) is 17.4. The summed E-state index contributed by atoms with van der Waals surface area (Å²) in [6, 6.07) is 21.7. The summed E-state index contributed by atoms with van der Waals surface area (Å²) in [6.45, 7) is 0. The van der Waals surface area contributed by atoms with Crippen LogP contribution in [0.5, 0.6) is 5.75 Å². The highest BCUT2D eigenvalue weighted by Gasteiger charge is 2.40. The number of ketones is 1. The van der Waals surface area contributed by atoms with E-state index >= 15 is 0 Å². The third-order valence-electron chi connectivity index (χ3n) is 5.03. The number of methoxy groups -OCH3 is 1. The van der Waals surface area contributed by atoms with Gasteiger partial charge in [-0.2, -0.15) is 0 Å². The summed E-state index contributed by atoms with van der Waals surface area (Å²) in [5.41, 5.74) is 2.35. The first kappa shape index (κ1) is 15.6. The average Bonchev–Trinajstić information content (AvgIpc) is 2.95. The van der Waals surface area contributed by atoms with Crippen LogP contribution in [0.15, 0.2) is 66.7 Å². The van der Waals surface area contributed by atoms with Crippen molar-refractivity contribution in [1.29, 1.82) is 5.41 Å². The Morgan fingerprint density at radius 2 is 1.76 bits per heavy atom. The lowest BCUT2D eigenvalue weighted by Crippen LogP contribution is -2.14. The maximum Gasteiger partial charge on any atom is 0.153 e. The third kappa shape index (κ3) is 2.62. The molecule has 0 saturated heterocycles. The molecule has 0 amide bonds. The SMILES string of the molecule is COc1cccc(C2C(=N)CC(c3cccc4ccccc34)C2=O)c1. The Morgan fingerprint density at radius 1 is 1.00 bits per heavy atom. The highest BCUT2D eigenvalue weighted by molar-refractivity contribution is 6.18. The van der Waals surface area contributed by atoms with Crippen molar-refractivity contribution in [3.05, 3.63) is 77.9 Å². The molecule has 2 atom stereocenters.